The van der Waals surface area contributed by atoms with Gasteiger partial charge in [-0.3, -0.25) is 4.55 Å². The second-order valence-corrected chi connectivity index (χ2v) is 8.14. The Morgan fingerprint density at radius 2 is 1.83 bits per heavy atom. The molecular weight excluding hydrogens is 342 g/mol. The van der Waals surface area contributed by atoms with Crippen molar-refractivity contribution in [2.24, 2.45) is 0 Å². The molecule has 0 saturated heterocycles. The highest BCUT2D eigenvalue weighted by molar-refractivity contribution is 7.91. The smallest absolute Gasteiger partial charge is 0.295 e. The predicted octanol–water partition coefficient (Wildman–Crippen LogP) is 1.79. The molecule has 2 rings (SSSR count). The van der Waals surface area contributed by atoms with E-state index < -0.39 is 41.2 Å². The van der Waals surface area contributed by atoms with E-state index in [0.717, 1.165) is 18.2 Å². The van der Waals surface area contributed by atoms with E-state index in [1.54, 1.807) is 0 Å². The van der Waals surface area contributed by atoms with Crippen molar-refractivity contribution in [1.29, 1.82) is 0 Å². The number of hydrogen-bond acceptors (Lipinski definition) is 6. The molecule has 3 N–H and O–H groups in total. The van der Waals surface area contributed by atoms with Crippen molar-refractivity contribution in [3.63, 3.8) is 0 Å². The van der Waals surface area contributed by atoms with Crippen molar-refractivity contribution in [2.45, 2.75) is 9.79 Å². The van der Waals surface area contributed by atoms with Crippen LogP contribution >= 0.6 is 0 Å². The van der Waals surface area contributed by atoms with Gasteiger partial charge in [0.1, 0.15) is 9.79 Å². The average molecular weight is 357 g/mol. The van der Waals surface area contributed by atoms with E-state index in [2.05, 4.69) is 11.9 Å². The monoisotopic (exact) mass is 357 g/mol. The molecule has 0 bridgehead atoms. The van der Waals surface area contributed by atoms with Gasteiger partial charge in [-0.1, -0.05) is 18.2 Å². The zero-order chi connectivity index (χ0) is 17.4. The maximum atomic E-state index is 12.3. The largest absolute Gasteiger partial charge is 0.504 e. The van der Waals surface area contributed by atoms with Crippen LogP contribution in [0, 0.1) is 0 Å². The lowest BCUT2D eigenvalue weighted by Gasteiger charge is -2.14. The lowest BCUT2D eigenvalue weighted by Crippen LogP contribution is -2.07. The number of hydrogen-bond donors (Lipinski definition) is 3. The van der Waals surface area contributed by atoms with Gasteiger partial charge < -0.3 is 10.4 Å². The lowest BCUT2D eigenvalue weighted by molar-refractivity contribution is 0.462. The number of aromatic hydroxyl groups is 1. The van der Waals surface area contributed by atoms with E-state index in [4.69, 9.17) is 0 Å². The number of rotatable bonds is 5. The van der Waals surface area contributed by atoms with Crippen molar-refractivity contribution < 1.29 is 26.5 Å². The van der Waals surface area contributed by atoms with Gasteiger partial charge >= 0.3 is 0 Å². The van der Waals surface area contributed by atoms with Gasteiger partial charge in [-0.25, -0.2) is 8.42 Å². The summed E-state index contributed by atoms with van der Waals surface area (Å²) in [4.78, 5) is -0.882. The number of phenolic OH excluding ortho intramolecular Hbond substituents is 1. The van der Waals surface area contributed by atoms with Gasteiger partial charge in [0, 0.05) is 17.8 Å². The molecule has 0 aromatic heterocycles. The fourth-order valence-electron chi connectivity index (χ4n) is 2.32. The van der Waals surface area contributed by atoms with Crippen LogP contribution < -0.4 is 5.32 Å². The van der Waals surface area contributed by atoms with E-state index >= 15 is 0 Å². The van der Waals surface area contributed by atoms with Crippen molar-refractivity contribution in [3.8, 4) is 5.75 Å². The highest BCUT2D eigenvalue weighted by Gasteiger charge is 2.25. The summed E-state index contributed by atoms with van der Waals surface area (Å²) < 4.78 is 56.9. The fraction of sp³-hybridized carbons (Fsp3) is 0.143. The number of fused-ring (bicyclic) bond motifs is 1. The first-order chi connectivity index (χ1) is 10.6. The normalized spacial score (nSPS) is 12.3. The highest BCUT2D eigenvalue weighted by atomic mass is 32.2. The Bertz CT molecular complexity index is 994. The third-order valence-electron chi connectivity index (χ3n) is 3.28. The minimum Gasteiger partial charge on any atom is -0.504 e. The third-order valence-corrected chi connectivity index (χ3v) is 5.85. The zero-order valence-corrected chi connectivity index (χ0v) is 13.8. The molecule has 0 amide bonds. The van der Waals surface area contributed by atoms with Gasteiger partial charge in [-0.2, -0.15) is 8.42 Å². The summed E-state index contributed by atoms with van der Waals surface area (Å²) in [6.07, 6.45) is 1.16. The molecule has 0 radical (unpaired) electrons. The number of anilines is 1. The molecule has 7 nitrogen and oxygen atoms in total. The summed E-state index contributed by atoms with van der Waals surface area (Å²) in [6, 6.07) is 5.06. The van der Waals surface area contributed by atoms with Gasteiger partial charge in [0.25, 0.3) is 10.1 Å². The minimum atomic E-state index is -4.57. The van der Waals surface area contributed by atoms with Crippen LogP contribution in [0.4, 0.5) is 5.69 Å². The second kappa shape index (κ2) is 5.84. The van der Waals surface area contributed by atoms with E-state index in [0.29, 0.717) is 0 Å². The molecule has 0 heterocycles. The Hall–Kier alpha value is -2.10. The van der Waals surface area contributed by atoms with Crippen molar-refractivity contribution in [2.75, 3.05) is 18.1 Å². The maximum absolute atomic E-state index is 12.3. The van der Waals surface area contributed by atoms with E-state index in [1.807, 2.05) is 0 Å². The molecule has 23 heavy (non-hydrogen) atoms. The van der Waals surface area contributed by atoms with Gasteiger partial charge in [0.2, 0.25) is 0 Å². The number of nitrogens with one attached hydrogen (secondary N) is 1. The quantitative estimate of drug-likeness (QED) is 0.424. The fourth-order valence-corrected chi connectivity index (χ4v) is 4.20. The molecule has 9 heteroatoms. The van der Waals surface area contributed by atoms with Crippen molar-refractivity contribution in [3.05, 3.63) is 36.9 Å². The molecule has 0 atom stereocenters. The Balaban J connectivity index is 3.04. The third kappa shape index (κ3) is 3.03. The molecule has 2 aromatic rings. The summed E-state index contributed by atoms with van der Waals surface area (Å²) in [7, 11) is -7.02. The predicted molar refractivity (Wildman–Crippen MR) is 87.2 cm³/mol. The molecular formula is C14H15NO6S2. The summed E-state index contributed by atoms with van der Waals surface area (Å²) in [5, 5.41) is 13.2. The summed E-state index contributed by atoms with van der Waals surface area (Å²) in [5.41, 5.74) is 0.0515. The molecule has 0 unspecified atom stereocenters. The molecule has 124 valence electrons. The highest BCUT2D eigenvalue weighted by Crippen LogP contribution is 2.40. The van der Waals surface area contributed by atoms with E-state index in [1.165, 1.54) is 19.2 Å². The van der Waals surface area contributed by atoms with Crippen LogP contribution in [0.25, 0.3) is 10.8 Å². The van der Waals surface area contributed by atoms with Gasteiger partial charge in [0.15, 0.2) is 15.6 Å². The first-order valence-corrected chi connectivity index (χ1v) is 9.50. The molecule has 0 aliphatic heterocycles. The van der Waals surface area contributed by atoms with Crippen LogP contribution in [-0.2, 0) is 20.0 Å². The Kier molecular flexibility index (Phi) is 4.38. The zero-order valence-electron chi connectivity index (χ0n) is 12.1. The van der Waals surface area contributed by atoms with Crippen LogP contribution in [0.5, 0.6) is 5.75 Å². The van der Waals surface area contributed by atoms with Gasteiger partial charge in [-0.05, 0) is 12.1 Å². The Morgan fingerprint density at radius 3 is 2.35 bits per heavy atom. The van der Waals surface area contributed by atoms with Crippen LogP contribution in [0.15, 0.2) is 46.7 Å². The summed E-state index contributed by atoms with van der Waals surface area (Å²) >= 11 is 0. The van der Waals surface area contributed by atoms with Crippen molar-refractivity contribution in [1.82, 2.24) is 0 Å². The molecule has 0 fully saturated rings. The number of sulfone groups is 1. The first-order valence-electron chi connectivity index (χ1n) is 6.41. The Labute approximate surface area is 133 Å². The van der Waals surface area contributed by atoms with Gasteiger partial charge in [-0.15, -0.1) is 6.58 Å². The van der Waals surface area contributed by atoms with Gasteiger partial charge in [0.05, 0.1) is 11.4 Å². The van der Waals surface area contributed by atoms with E-state index in [-0.39, 0.29) is 16.5 Å². The SMILES string of the molecule is C=CCS(=O)(=O)c1cc2c(S(=O)(=O)O)cccc2c(NC)c1O. The standard InChI is InChI=1S/C14H15NO6S2/c1-3-7-22(17,18)12-8-10-9(13(15-2)14(12)16)5-4-6-11(10)23(19,20)21/h3-6,8,15-16H,1,7H2,2H3,(H,19,20,21). The van der Waals surface area contributed by atoms with Crippen molar-refractivity contribution >= 4 is 36.4 Å². The van der Waals surface area contributed by atoms with E-state index in [9.17, 15) is 26.5 Å². The lowest BCUT2D eigenvalue weighted by atomic mass is 10.1. The molecule has 2 aromatic carbocycles. The average Bonchev–Trinajstić information content (AvgIpc) is 2.44. The van der Waals surface area contributed by atoms with Crippen LogP contribution in [0.3, 0.4) is 0 Å². The number of benzene rings is 2. The number of phenols is 1. The summed E-state index contributed by atoms with van der Waals surface area (Å²) in [5.74, 6) is -0.946. The van der Waals surface area contributed by atoms with Crippen LogP contribution in [-0.4, -0.2) is 39.3 Å². The van der Waals surface area contributed by atoms with Crippen LogP contribution in [0.1, 0.15) is 0 Å². The van der Waals surface area contributed by atoms with Crippen LogP contribution in [0.2, 0.25) is 0 Å². The molecule has 0 spiro atoms. The maximum Gasteiger partial charge on any atom is 0.295 e. The molecule has 0 saturated carbocycles. The molecule has 0 aliphatic carbocycles. The first kappa shape index (κ1) is 17.3. The Morgan fingerprint density at radius 1 is 1.17 bits per heavy atom. The topological polar surface area (TPSA) is 121 Å². The molecule has 0 aliphatic rings. The minimum absolute atomic E-state index is 0.0141. The second-order valence-electron chi connectivity index (χ2n) is 4.74. The summed E-state index contributed by atoms with van der Waals surface area (Å²) in [6.45, 7) is 3.35.